The van der Waals surface area contributed by atoms with Gasteiger partial charge in [-0.2, -0.15) is 0 Å². The molecule has 1 aromatic carbocycles. The van der Waals surface area contributed by atoms with E-state index in [2.05, 4.69) is 35.8 Å². The van der Waals surface area contributed by atoms with Crippen LogP contribution in [0.4, 0.5) is 0 Å². The molecule has 1 amide bonds. The number of primary amides is 1. The van der Waals surface area contributed by atoms with E-state index in [1.54, 1.807) is 12.1 Å². The Kier molecular flexibility index (Phi) is 12.8. The van der Waals surface area contributed by atoms with Crippen LogP contribution in [-0.4, -0.2) is 36.9 Å². The van der Waals surface area contributed by atoms with Gasteiger partial charge in [0, 0.05) is 25.7 Å². The fourth-order valence-electron chi connectivity index (χ4n) is 2.38. The molecule has 0 radical (unpaired) electrons. The number of nitrogens with one attached hydrogen (secondary N) is 1. The van der Waals surface area contributed by atoms with E-state index in [0.29, 0.717) is 12.1 Å². The third-order valence-corrected chi connectivity index (χ3v) is 3.72. The van der Waals surface area contributed by atoms with Gasteiger partial charge in [-0.25, -0.2) is 4.99 Å². The molecule has 0 aliphatic rings. The second-order valence-corrected chi connectivity index (χ2v) is 5.79. The van der Waals surface area contributed by atoms with Crippen LogP contribution in [0, 0.1) is 0 Å². The Morgan fingerprint density at radius 3 is 2.76 bits per heavy atom. The van der Waals surface area contributed by atoms with Crippen LogP contribution in [0.2, 0.25) is 0 Å². The Hall–Kier alpha value is -1.57. The highest BCUT2D eigenvalue weighted by atomic mass is 127. The summed E-state index contributed by atoms with van der Waals surface area (Å²) in [6.07, 6.45) is 6.55. The molecule has 0 aromatic heterocycles. The summed E-state index contributed by atoms with van der Waals surface area (Å²) in [5, 5.41) is 3.31. The number of hydrogen-bond acceptors (Lipinski definition) is 2. The number of unbranched alkanes of at least 4 members (excludes halogenated alkanes) is 3. The maximum atomic E-state index is 11.3. The molecule has 0 saturated heterocycles. The average Bonchev–Trinajstić information content (AvgIpc) is 2.58. The van der Waals surface area contributed by atoms with Crippen LogP contribution in [-0.2, 0) is 6.54 Å². The molecule has 1 aromatic rings. The highest BCUT2D eigenvalue weighted by molar-refractivity contribution is 14.0. The van der Waals surface area contributed by atoms with E-state index >= 15 is 0 Å². The van der Waals surface area contributed by atoms with Gasteiger partial charge in [0.05, 0.1) is 6.54 Å². The zero-order valence-electron chi connectivity index (χ0n) is 15.3. The summed E-state index contributed by atoms with van der Waals surface area (Å²) in [6, 6.07) is 7.30. The third kappa shape index (κ3) is 9.48. The fourth-order valence-corrected chi connectivity index (χ4v) is 2.38. The summed E-state index contributed by atoms with van der Waals surface area (Å²) in [7, 11) is 2.05. The molecule has 0 bridgehead atoms. The number of amides is 1. The highest BCUT2D eigenvalue weighted by Crippen LogP contribution is 2.07. The van der Waals surface area contributed by atoms with Crippen LogP contribution < -0.4 is 11.1 Å². The summed E-state index contributed by atoms with van der Waals surface area (Å²) in [5.41, 5.74) is 6.81. The highest BCUT2D eigenvalue weighted by Gasteiger charge is 2.06. The van der Waals surface area contributed by atoms with Gasteiger partial charge in [-0.1, -0.05) is 24.6 Å². The van der Waals surface area contributed by atoms with Gasteiger partial charge in [0.25, 0.3) is 0 Å². The van der Waals surface area contributed by atoms with Crippen molar-refractivity contribution in [3.05, 3.63) is 48.0 Å². The lowest BCUT2D eigenvalue weighted by molar-refractivity contribution is 0.1000. The number of carbonyl (C=O) groups excluding carboxylic acids is 1. The van der Waals surface area contributed by atoms with Crippen LogP contribution in [0.25, 0.3) is 0 Å². The number of allylic oxidation sites excluding steroid dienone is 1. The molecule has 0 aliphatic carbocycles. The van der Waals surface area contributed by atoms with Crippen molar-refractivity contribution in [2.24, 2.45) is 10.7 Å². The Morgan fingerprint density at radius 2 is 2.12 bits per heavy atom. The molecule has 0 spiro atoms. The van der Waals surface area contributed by atoms with Crippen molar-refractivity contribution in [1.29, 1.82) is 0 Å². The van der Waals surface area contributed by atoms with E-state index in [-0.39, 0.29) is 24.0 Å². The molecule has 0 fully saturated rings. The van der Waals surface area contributed by atoms with Crippen molar-refractivity contribution >= 4 is 35.8 Å². The molecule has 0 heterocycles. The van der Waals surface area contributed by atoms with Crippen LogP contribution >= 0.6 is 24.0 Å². The van der Waals surface area contributed by atoms with Gasteiger partial charge in [0.1, 0.15) is 0 Å². The number of hydrogen-bond donors (Lipinski definition) is 2. The lowest BCUT2D eigenvalue weighted by Gasteiger charge is -2.22. The Labute approximate surface area is 168 Å². The molecule has 0 aliphatic heterocycles. The minimum atomic E-state index is -0.413. The summed E-state index contributed by atoms with van der Waals surface area (Å²) in [5.74, 6) is 0.468. The lowest BCUT2D eigenvalue weighted by Crippen LogP contribution is -2.39. The van der Waals surface area contributed by atoms with Crippen molar-refractivity contribution in [3.63, 3.8) is 0 Å². The largest absolute Gasteiger partial charge is 0.366 e. The van der Waals surface area contributed by atoms with E-state index < -0.39 is 5.91 Å². The number of nitrogens with zero attached hydrogens (tertiary/aromatic N) is 2. The van der Waals surface area contributed by atoms with E-state index in [4.69, 9.17) is 5.73 Å². The van der Waals surface area contributed by atoms with Gasteiger partial charge >= 0.3 is 0 Å². The quantitative estimate of drug-likeness (QED) is 0.185. The van der Waals surface area contributed by atoms with Gasteiger partial charge in [0.2, 0.25) is 5.91 Å². The predicted octanol–water partition coefficient (Wildman–Crippen LogP) is 3.55. The molecule has 3 N–H and O–H groups in total. The number of benzene rings is 1. The predicted molar refractivity (Wildman–Crippen MR) is 116 cm³/mol. The molecule has 25 heavy (non-hydrogen) atoms. The molecule has 0 atom stereocenters. The average molecular weight is 458 g/mol. The van der Waals surface area contributed by atoms with E-state index in [0.717, 1.165) is 37.5 Å². The summed E-state index contributed by atoms with van der Waals surface area (Å²) in [4.78, 5) is 18.1. The van der Waals surface area contributed by atoms with Gasteiger partial charge in [-0.3, -0.25) is 4.79 Å². The fraction of sp³-hybridized carbons (Fsp3) is 0.474. The van der Waals surface area contributed by atoms with Crippen molar-refractivity contribution in [2.45, 2.75) is 39.2 Å². The van der Waals surface area contributed by atoms with E-state index in [9.17, 15) is 4.79 Å². The van der Waals surface area contributed by atoms with Crippen molar-refractivity contribution in [1.82, 2.24) is 10.2 Å². The maximum Gasteiger partial charge on any atom is 0.248 e. The van der Waals surface area contributed by atoms with Crippen molar-refractivity contribution < 1.29 is 4.79 Å². The molecule has 6 heteroatoms. The van der Waals surface area contributed by atoms with Crippen molar-refractivity contribution in [2.75, 3.05) is 20.1 Å². The molecular formula is C19H31IN4O. The van der Waals surface area contributed by atoms with E-state index in [1.165, 1.54) is 12.8 Å². The number of guanidine groups is 1. The first-order chi connectivity index (χ1) is 11.6. The van der Waals surface area contributed by atoms with Crippen LogP contribution in [0.15, 0.2) is 41.9 Å². The van der Waals surface area contributed by atoms with Gasteiger partial charge < -0.3 is 16.0 Å². The number of halogens is 1. The lowest BCUT2D eigenvalue weighted by atomic mass is 10.1. The molecule has 0 unspecified atom stereocenters. The second kappa shape index (κ2) is 13.7. The maximum absolute atomic E-state index is 11.3. The standard InChI is InChI=1S/C19H30N4O.HI/c1-4-6-7-8-9-13-23(3)19(21-5-2)22-15-16-11-10-12-17(14-16)18(20)24;/h4,10-12,14H,1,5-9,13,15H2,2-3H3,(H2,20,24)(H,21,22);1H. The van der Waals surface area contributed by atoms with E-state index in [1.807, 2.05) is 18.2 Å². The first kappa shape index (κ1) is 23.4. The third-order valence-electron chi connectivity index (χ3n) is 3.72. The summed E-state index contributed by atoms with van der Waals surface area (Å²) < 4.78 is 0. The minimum Gasteiger partial charge on any atom is -0.366 e. The molecule has 140 valence electrons. The second-order valence-electron chi connectivity index (χ2n) is 5.79. The van der Waals surface area contributed by atoms with Crippen LogP contribution in [0.3, 0.4) is 0 Å². The monoisotopic (exact) mass is 458 g/mol. The van der Waals surface area contributed by atoms with Gasteiger partial charge in [0.15, 0.2) is 5.96 Å². The topological polar surface area (TPSA) is 70.7 Å². The zero-order chi connectivity index (χ0) is 17.8. The first-order valence-corrected chi connectivity index (χ1v) is 8.57. The zero-order valence-corrected chi connectivity index (χ0v) is 17.7. The summed E-state index contributed by atoms with van der Waals surface area (Å²) >= 11 is 0. The molecule has 0 saturated carbocycles. The van der Waals surface area contributed by atoms with Gasteiger partial charge in [-0.05, 0) is 43.9 Å². The number of aliphatic imine (C=N–C) groups is 1. The smallest absolute Gasteiger partial charge is 0.248 e. The number of carbonyl (C=O) groups is 1. The van der Waals surface area contributed by atoms with Crippen LogP contribution in [0.5, 0.6) is 0 Å². The molecule has 1 rings (SSSR count). The van der Waals surface area contributed by atoms with Gasteiger partial charge in [-0.15, -0.1) is 30.6 Å². The number of nitrogens with two attached hydrogens (primary N) is 1. The normalized spacial score (nSPS) is 10.7. The molecular weight excluding hydrogens is 427 g/mol. The Morgan fingerprint density at radius 1 is 1.36 bits per heavy atom. The summed E-state index contributed by atoms with van der Waals surface area (Å²) in [6.45, 7) is 8.11. The number of rotatable bonds is 10. The Bertz CT molecular complexity index is 560. The first-order valence-electron chi connectivity index (χ1n) is 8.57. The minimum absolute atomic E-state index is 0. The Balaban J connectivity index is 0.00000576. The van der Waals surface area contributed by atoms with Crippen LogP contribution in [0.1, 0.15) is 48.5 Å². The molecule has 5 nitrogen and oxygen atoms in total. The SMILES string of the molecule is C=CCCCCCN(C)C(=NCc1cccc(C(N)=O)c1)NCC.I. The van der Waals surface area contributed by atoms with Crippen molar-refractivity contribution in [3.8, 4) is 0 Å².